The highest BCUT2D eigenvalue weighted by atomic mass is 32.2. The fraction of sp³-hybridized carbons (Fsp3) is 0.523. The largest absolute Gasteiger partial charge is 0.748 e. The Morgan fingerprint density at radius 1 is 0.800 bits per heavy atom. The van der Waals surface area contributed by atoms with Gasteiger partial charge in [0.05, 0.1) is 44.0 Å². The number of hydrogen-bond acceptors (Lipinski definition) is 9. The van der Waals surface area contributed by atoms with Crippen LogP contribution >= 0.6 is 0 Å². The number of carbonyl (C=O) groups excluding carboxylic acids is 3. The van der Waals surface area contributed by atoms with E-state index in [1.165, 1.54) is 39.5 Å². The highest BCUT2D eigenvalue weighted by Crippen LogP contribution is 2.62. The summed E-state index contributed by atoms with van der Waals surface area (Å²) in [7, 11) is -4.56. The molecule has 0 N–H and O–H groups in total. The summed E-state index contributed by atoms with van der Waals surface area (Å²) in [6.45, 7) is 6.23. The van der Waals surface area contributed by atoms with Crippen LogP contribution < -0.4 is 0 Å². The molecule has 6 unspecified atom stereocenters. The van der Waals surface area contributed by atoms with Crippen LogP contribution in [-0.2, 0) is 55.0 Å². The van der Waals surface area contributed by atoms with E-state index in [0.29, 0.717) is 24.2 Å². The highest BCUT2D eigenvalue weighted by Gasteiger charge is 2.70. The van der Waals surface area contributed by atoms with Gasteiger partial charge >= 0.3 is 17.9 Å². The summed E-state index contributed by atoms with van der Waals surface area (Å²) >= 11 is 0. The number of hydrogen-bond donors (Lipinski definition) is 0. The van der Waals surface area contributed by atoms with Crippen molar-refractivity contribution in [2.24, 2.45) is 46.8 Å². The Bertz CT molecular complexity index is 1930. The van der Waals surface area contributed by atoms with Crippen molar-refractivity contribution >= 4 is 38.9 Å². The average molecular weight is 787 g/mol. The average Bonchev–Trinajstić information content (AvgIpc) is 3.76. The van der Waals surface area contributed by atoms with E-state index < -0.39 is 69.8 Å². The third kappa shape index (κ3) is 7.61. The first-order valence-electron chi connectivity index (χ1n) is 19.7. The lowest BCUT2D eigenvalue weighted by Crippen LogP contribution is -2.52. The molecule has 7 fully saturated rings. The second-order valence-electron chi connectivity index (χ2n) is 17.7. The molecule has 11 heteroatoms. The van der Waals surface area contributed by atoms with Gasteiger partial charge in [-0.25, -0.2) is 8.42 Å². The summed E-state index contributed by atoms with van der Waals surface area (Å²) < 4.78 is 49.1. The van der Waals surface area contributed by atoms with Gasteiger partial charge in [-0.1, -0.05) is 69.3 Å². The SMILES string of the molecule is CC(C)(C)c1ccc([S+](c2ccccc2)c2ccccc2)cc1.O=C1OC2C3CC(C2OC(=O)C24CC5CC(CC(C5)C2)C4)C(C(=O)OCCS(=O)(=O)[O-])C13. The summed E-state index contributed by atoms with van der Waals surface area (Å²) in [5, 5.41) is 0. The van der Waals surface area contributed by atoms with Crippen molar-refractivity contribution in [2.45, 2.75) is 98.0 Å². The lowest BCUT2D eigenvalue weighted by atomic mass is 9.49. The third-order valence-electron chi connectivity index (χ3n) is 13.0. The van der Waals surface area contributed by atoms with Crippen molar-refractivity contribution in [2.75, 3.05) is 12.4 Å². The molecule has 6 atom stereocenters. The molecule has 292 valence electrons. The zero-order valence-electron chi connectivity index (χ0n) is 31.6. The van der Waals surface area contributed by atoms with E-state index in [0.717, 1.165) is 19.3 Å². The van der Waals surface area contributed by atoms with Gasteiger partial charge in [0.25, 0.3) is 0 Å². The molecule has 55 heavy (non-hydrogen) atoms. The minimum atomic E-state index is -4.51. The molecule has 6 aliphatic carbocycles. The maximum atomic E-state index is 13.5. The Hall–Kier alpha value is -3.67. The number of benzene rings is 3. The smallest absolute Gasteiger partial charge is 0.312 e. The van der Waals surface area contributed by atoms with E-state index in [1.54, 1.807) is 0 Å². The van der Waals surface area contributed by atoms with Crippen LogP contribution in [0.2, 0.25) is 0 Å². The van der Waals surface area contributed by atoms with Crippen LogP contribution in [0.15, 0.2) is 99.6 Å². The van der Waals surface area contributed by atoms with Gasteiger partial charge in [0.2, 0.25) is 0 Å². The number of ether oxygens (including phenoxy) is 3. The molecule has 6 bridgehead atoms. The Morgan fingerprint density at radius 3 is 1.84 bits per heavy atom. The Morgan fingerprint density at radius 2 is 1.33 bits per heavy atom. The van der Waals surface area contributed by atoms with Crippen LogP contribution in [0.3, 0.4) is 0 Å². The van der Waals surface area contributed by atoms with Crippen molar-refractivity contribution in [3.8, 4) is 0 Å². The second kappa shape index (κ2) is 14.7. The van der Waals surface area contributed by atoms with Crippen LogP contribution in [0.4, 0.5) is 0 Å². The molecular formula is C44H50O9S2. The van der Waals surface area contributed by atoms with Crippen LogP contribution in [0.1, 0.15) is 71.3 Å². The molecule has 6 saturated carbocycles. The van der Waals surface area contributed by atoms with E-state index in [9.17, 15) is 27.4 Å². The number of rotatable bonds is 9. The first-order chi connectivity index (χ1) is 26.2. The lowest BCUT2D eigenvalue weighted by molar-refractivity contribution is -0.187. The number of fused-ring (bicyclic) bond motifs is 1. The molecule has 7 aliphatic rings. The van der Waals surface area contributed by atoms with E-state index in [2.05, 4.69) is 106 Å². The number of esters is 3. The summed E-state index contributed by atoms with van der Waals surface area (Å²) in [6, 6.07) is 30.7. The summed E-state index contributed by atoms with van der Waals surface area (Å²) in [5.74, 6) is -2.58. The normalized spacial score (nSPS) is 32.5. The van der Waals surface area contributed by atoms with Gasteiger partial charge in [0.1, 0.15) is 18.8 Å². The highest BCUT2D eigenvalue weighted by molar-refractivity contribution is 7.97. The quantitative estimate of drug-likeness (QED) is 0.0964. The lowest BCUT2D eigenvalue weighted by Gasteiger charge is -2.55. The summed E-state index contributed by atoms with van der Waals surface area (Å²) in [6.07, 6.45) is 5.52. The molecule has 0 amide bonds. The van der Waals surface area contributed by atoms with Crippen molar-refractivity contribution in [1.82, 2.24) is 0 Å². The molecule has 1 aliphatic heterocycles. The minimum Gasteiger partial charge on any atom is -0.748 e. The Labute approximate surface area is 327 Å². The third-order valence-corrected chi connectivity index (χ3v) is 15.9. The van der Waals surface area contributed by atoms with Gasteiger partial charge in [-0.15, -0.1) is 0 Å². The van der Waals surface area contributed by atoms with Gasteiger partial charge in [-0.05, 0) is 110 Å². The van der Waals surface area contributed by atoms with Crippen molar-refractivity contribution in [3.05, 3.63) is 90.5 Å². The van der Waals surface area contributed by atoms with E-state index in [1.807, 2.05) is 0 Å². The molecule has 3 aromatic rings. The van der Waals surface area contributed by atoms with Gasteiger partial charge < -0.3 is 18.8 Å². The van der Waals surface area contributed by atoms with Crippen molar-refractivity contribution in [1.29, 1.82) is 0 Å². The molecule has 0 aromatic heterocycles. The van der Waals surface area contributed by atoms with Gasteiger partial charge in [0, 0.05) is 11.8 Å². The zero-order valence-corrected chi connectivity index (χ0v) is 33.3. The predicted molar refractivity (Wildman–Crippen MR) is 205 cm³/mol. The van der Waals surface area contributed by atoms with Crippen LogP contribution in [0.25, 0.3) is 0 Å². The molecule has 1 heterocycles. The van der Waals surface area contributed by atoms with E-state index in [4.69, 9.17) is 14.2 Å². The molecule has 0 spiro atoms. The number of carbonyl (C=O) groups is 3. The van der Waals surface area contributed by atoms with Gasteiger partial charge in [0.15, 0.2) is 14.7 Å². The molecular weight excluding hydrogens is 737 g/mol. The predicted octanol–water partition coefficient (Wildman–Crippen LogP) is 7.09. The summed E-state index contributed by atoms with van der Waals surface area (Å²) in [4.78, 5) is 42.8. The zero-order chi connectivity index (χ0) is 38.7. The fourth-order valence-corrected chi connectivity index (χ4v) is 13.4. The molecule has 10 rings (SSSR count). The van der Waals surface area contributed by atoms with Gasteiger partial charge in [-0.3, -0.25) is 14.4 Å². The van der Waals surface area contributed by atoms with E-state index >= 15 is 0 Å². The Balaban J connectivity index is 0.000000165. The maximum absolute atomic E-state index is 13.5. The van der Waals surface area contributed by atoms with Crippen molar-refractivity contribution in [3.63, 3.8) is 0 Å². The second-order valence-corrected chi connectivity index (χ2v) is 21.3. The standard InChI is InChI=1S/C22H28O9S.C22H23S/c23-19(29-1-2-32(26,27)28)15-13-6-14-16(15)20(24)30-17(14)18(13)31-21(25)22-7-10-3-11(8-22)5-12(4-10)9-22;1-22(2,3)18-14-16-21(17-15-18)23(19-10-6-4-7-11-19)20-12-8-5-9-13-20/h10-18H,1-9H2,(H,26,27,28);4-17H,1-3H3/q;+1/p-1. The molecule has 0 radical (unpaired) electrons. The Kier molecular flexibility index (Phi) is 10.2. The maximum Gasteiger partial charge on any atom is 0.312 e. The van der Waals surface area contributed by atoms with Crippen molar-refractivity contribution < 1.29 is 41.6 Å². The fourth-order valence-electron chi connectivity index (χ4n) is 11.0. The van der Waals surface area contributed by atoms with Gasteiger partial charge in [-0.2, -0.15) is 0 Å². The van der Waals surface area contributed by atoms with E-state index in [-0.39, 0.29) is 28.2 Å². The van der Waals surface area contributed by atoms with Crippen LogP contribution in [-0.4, -0.2) is 55.4 Å². The topological polar surface area (TPSA) is 136 Å². The first kappa shape index (κ1) is 38.2. The summed E-state index contributed by atoms with van der Waals surface area (Å²) in [5.41, 5.74) is 1.12. The molecule has 1 saturated heterocycles. The first-order valence-corrected chi connectivity index (χ1v) is 22.5. The van der Waals surface area contributed by atoms with Crippen LogP contribution in [0.5, 0.6) is 0 Å². The minimum absolute atomic E-state index is 0.0497. The molecule has 9 nitrogen and oxygen atoms in total. The monoisotopic (exact) mass is 786 g/mol. The van der Waals surface area contributed by atoms with Crippen LogP contribution in [0, 0.1) is 46.8 Å². The molecule has 3 aromatic carbocycles.